The lowest BCUT2D eigenvalue weighted by Gasteiger charge is -2.20. The molecule has 0 aromatic heterocycles. The standard InChI is InChI=1S/C16H21N3O/c1-2-8-19(11-13-6-7-13)12-16(20)18-15-5-3-4-14(9-15)10-17/h3-5,9,13H,2,6-8,11-12H2,1H3,(H,18,20). The van der Waals surface area contributed by atoms with Crippen LogP contribution in [0.25, 0.3) is 0 Å². The molecule has 1 aromatic carbocycles. The highest BCUT2D eigenvalue weighted by molar-refractivity contribution is 5.92. The van der Waals surface area contributed by atoms with E-state index in [4.69, 9.17) is 5.26 Å². The largest absolute Gasteiger partial charge is 0.325 e. The summed E-state index contributed by atoms with van der Waals surface area (Å²) in [5.41, 5.74) is 1.25. The van der Waals surface area contributed by atoms with Crippen molar-refractivity contribution in [1.29, 1.82) is 5.26 Å². The fourth-order valence-corrected chi connectivity index (χ4v) is 2.29. The molecule has 1 aliphatic carbocycles. The molecule has 1 fully saturated rings. The number of carbonyl (C=O) groups excluding carboxylic acids is 1. The molecule has 0 saturated heterocycles. The normalized spacial score (nSPS) is 14.1. The molecule has 0 bridgehead atoms. The van der Waals surface area contributed by atoms with E-state index in [2.05, 4.69) is 23.2 Å². The molecule has 0 aliphatic heterocycles. The van der Waals surface area contributed by atoms with Gasteiger partial charge in [-0.2, -0.15) is 5.26 Å². The van der Waals surface area contributed by atoms with E-state index >= 15 is 0 Å². The Balaban J connectivity index is 1.87. The maximum Gasteiger partial charge on any atom is 0.238 e. The molecule has 1 aromatic rings. The summed E-state index contributed by atoms with van der Waals surface area (Å²) in [6.45, 7) is 4.55. The summed E-state index contributed by atoms with van der Waals surface area (Å²) in [7, 11) is 0. The lowest BCUT2D eigenvalue weighted by molar-refractivity contribution is -0.117. The van der Waals surface area contributed by atoms with E-state index in [9.17, 15) is 4.79 Å². The molecule has 1 saturated carbocycles. The van der Waals surface area contributed by atoms with Gasteiger partial charge in [-0.05, 0) is 49.9 Å². The van der Waals surface area contributed by atoms with Gasteiger partial charge in [-0.25, -0.2) is 0 Å². The van der Waals surface area contributed by atoms with Gasteiger partial charge in [-0.3, -0.25) is 9.69 Å². The van der Waals surface area contributed by atoms with Crippen LogP contribution in [-0.2, 0) is 4.79 Å². The molecule has 1 N–H and O–H groups in total. The minimum Gasteiger partial charge on any atom is -0.325 e. The van der Waals surface area contributed by atoms with Crippen LogP contribution in [0.4, 0.5) is 5.69 Å². The van der Waals surface area contributed by atoms with E-state index in [1.165, 1.54) is 12.8 Å². The second-order valence-corrected chi connectivity index (χ2v) is 5.42. The minimum atomic E-state index is -0.00538. The fraction of sp³-hybridized carbons (Fsp3) is 0.500. The van der Waals surface area contributed by atoms with Crippen LogP contribution in [0.3, 0.4) is 0 Å². The minimum absolute atomic E-state index is 0.00538. The van der Waals surface area contributed by atoms with Gasteiger partial charge in [0.2, 0.25) is 5.91 Å². The van der Waals surface area contributed by atoms with Gasteiger partial charge >= 0.3 is 0 Å². The van der Waals surface area contributed by atoms with Crippen molar-refractivity contribution in [1.82, 2.24) is 4.90 Å². The van der Waals surface area contributed by atoms with E-state index in [1.807, 2.05) is 6.07 Å². The number of nitriles is 1. The number of anilines is 1. The highest BCUT2D eigenvalue weighted by Crippen LogP contribution is 2.29. The van der Waals surface area contributed by atoms with Gasteiger partial charge in [0.1, 0.15) is 0 Å². The number of rotatable bonds is 7. The zero-order chi connectivity index (χ0) is 14.4. The fourth-order valence-electron chi connectivity index (χ4n) is 2.29. The van der Waals surface area contributed by atoms with E-state index in [0.29, 0.717) is 17.8 Å². The maximum absolute atomic E-state index is 12.1. The predicted octanol–water partition coefficient (Wildman–Crippen LogP) is 2.62. The van der Waals surface area contributed by atoms with Crippen molar-refractivity contribution >= 4 is 11.6 Å². The highest BCUT2D eigenvalue weighted by Gasteiger charge is 2.24. The summed E-state index contributed by atoms with van der Waals surface area (Å²) in [6.07, 6.45) is 3.65. The predicted molar refractivity (Wildman–Crippen MR) is 79.2 cm³/mol. The molecule has 0 spiro atoms. The molecule has 0 atom stereocenters. The lowest BCUT2D eigenvalue weighted by Crippen LogP contribution is -2.35. The second kappa shape index (κ2) is 7.06. The summed E-state index contributed by atoms with van der Waals surface area (Å²) in [5.74, 6) is 0.783. The average molecular weight is 271 g/mol. The number of amides is 1. The Morgan fingerprint density at radius 2 is 2.30 bits per heavy atom. The zero-order valence-corrected chi connectivity index (χ0v) is 11.9. The maximum atomic E-state index is 12.1. The SMILES string of the molecule is CCCN(CC(=O)Nc1cccc(C#N)c1)CC1CC1. The van der Waals surface area contributed by atoms with Crippen LogP contribution in [0, 0.1) is 17.2 Å². The number of hydrogen-bond donors (Lipinski definition) is 1. The van der Waals surface area contributed by atoms with Gasteiger partial charge in [0.15, 0.2) is 0 Å². The van der Waals surface area contributed by atoms with Crippen LogP contribution in [0.15, 0.2) is 24.3 Å². The van der Waals surface area contributed by atoms with Crippen molar-refractivity contribution in [2.24, 2.45) is 5.92 Å². The van der Waals surface area contributed by atoms with Crippen molar-refractivity contribution in [3.05, 3.63) is 29.8 Å². The highest BCUT2D eigenvalue weighted by atomic mass is 16.2. The van der Waals surface area contributed by atoms with Gasteiger partial charge in [-0.1, -0.05) is 13.0 Å². The third-order valence-electron chi connectivity index (χ3n) is 3.40. The first-order valence-corrected chi connectivity index (χ1v) is 7.23. The first-order chi connectivity index (χ1) is 9.71. The third kappa shape index (κ3) is 4.67. The number of benzene rings is 1. The zero-order valence-electron chi connectivity index (χ0n) is 11.9. The summed E-state index contributed by atoms with van der Waals surface area (Å²) in [4.78, 5) is 14.3. The molecule has 0 unspecified atom stereocenters. The number of carbonyl (C=O) groups is 1. The van der Waals surface area contributed by atoms with Crippen LogP contribution in [-0.4, -0.2) is 30.4 Å². The lowest BCUT2D eigenvalue weighted by atomic mass is 10.2. The van der Waals surface area contributed by atoms with Gasteiger partial charge in [-0.15, -0.1) is 0 Å². The first kappa shape index (κ1) is 14.5. The average Bonchev–Trinajstić information content (AvgIpc) is 3.23. The number of nitrogens with zero attached hydrogens (tertiary/aromatic N) is 2. The molecule has 0 heterocycles. The van der Waals surface area contributed by atoms with E-state index < -0.39 is 0 Å². The summed E-state index contributed by atoms with van der Waals surface area (Å²) < 4.78 is 0. The van der Waals surface area contributed by atoms with Gasteiger partial charge in [0, 0.05) is 12.2 Å². The molecule has 1 aliphatic rings. The molecule has 4 heteroatoms. The molecule has 4 nitrogen and oxygen atoms in total. The Bertz CT molecular complexity index is 503. The molecular formula is C16H21N3O. The molecule has 2 rings (SSSR count). The van der Waals surface area contributed by atoms with Crippen LogP contribution < -0.4 is 5.32 Å². The summed E-state index contributed by atoms with van der Waals surface area (Å²) in [6, 6.07) is 9.09. The third-order valence-corrected chi connectivity index (χ3v) is 3.40. The monoisotopic (exact) mass is 271 g/mol. The Morgan fingerprint density at radius 1 is 1.50 bits per heavy atom. The summed E-state index contributed by atoms with van der Waals surface area (Å²) >= 11 is 0. The Hall–Kier alpha value is -1.86. The van der Waals surface area contributed by atoms with Crippen molar-refractivity contribution in [2.75, 3.05) is 25.0 Å². The Kier molecular flexibility index (Phi) is 5.14. The molecule has 20 heavy (non-hydrogen) atoms. The van der Waals surface area contributed by atoms with E-state index in [1.54, 1.807) is 18.2 Å². The molecule has 0 radical (unpaired) electrons. The van der Waals surface area contributed by atoms with Gasteiger partial charge in [0.05, 0.1) is 18.2 Å². The van der Waals surface area contributed by atoms with E-state index in [0.717, 1.165) is 25.4 Å². The van der Waals surface area contributed by atoms with Crippen molar-refractivity contribution in [3.8, 4) is 6.07 Å². The van der Waals surface area contributed by atoms with Crippen LogP contribution >= 0.6 is 0 Å². The molecule has 106 valence electrons. The quantitative estimate of drug-likeness (QED) is 0.829. The van der Waals surface area contributed by atoms with Crippen LogP contribution in [0.1, 0.15) is 31.7 Å². The van der Waals surface area contributed by atoms with Gasteiger partial charge in [0.25, 0.3) is 0 Å². The molecular weight excluding hydrogens is 250 g/mol. The Morgan fingerprint density at radius 3 is 2.95 bits per heavy atom. The van der Waals surface area contributed by atoms with Crippen molar-refractivity contribution < 1.29 is 4.79 Å². The number of nitrogens with one attached hydrogen (secondary N) is 1. The van der Waals surface area contributed by atoms with Crippen molar-refractivity contribution in [3.63, 3.8) is 0 Å². The molecule has 1 amide bonds. The smallest absolute Gasteiger partial charge is 0.238 e. The van der Waals surface area contributed by atoms with Crippen LogP contribution in [0.2, 0.25) is 0 Å². The van der Waals surface area contributed by atoms with E-state index in [-0.39, 0.29) is 5.91 Å². The van der Waals surface area contributed by atoms with Crippen molar-refractivity contribution in [2.45, 2.75) is 26.2 Å². The topological polar surface area (TPSA) is 56.1 Å². The van der Waals surface area contributed by atoms with Gasteiger partial charge < -0.3 is 5.32 Å². The second-order valence-electron chi connectivity index (χ2n) is 5.42. The number of hydrogen-bond acceptors (Lipinski definition) is 3. The Labute approximate surface area is 120 Å². The van der Waals surface area contributed by atoms with Crippen LogP contribution in [0.5, 0.6) is 0 Å². The summed E-state index contributed by atoms with van der Waals surface area (Å²) in [5, 5.41) is 11.7. The first-order valence-electron chi connectivity index (χ1n) is 7.23.